The Hall–Kier alpha value is -2.63. The zero-order valence-corrected chi connectivity index (χ0v) is 16.7. The molecule has 0 aromatic heterocycles. The van der Waals surface area contributed by atoms with Gasteiger partial charge < -0.3 is 4.74 Å². The average molecular weight is 394 g/mol. The highest BCUT2D eigenvalue weighted by Crippen LogP contribution is 2.29. The minimum atomic E-state index is -3.39. The molecule has 0 unspecified atom stereocenters. The Morgan fingerprint density at radius 3 is 2.14 bits per heavy atom. The largest absolute Gasteiger partial charge is 0.488 e. The molecule has 0 bridgehead atoms. The van der Waals surface area contributed by atoms with Crippen molar-refractivity contribution in [2.24, 2.45) is 0 Å². The Bertz CT molecular complexity index is 1050. The number of fused-ring (bicyclic) bond motifs is 1. The van der Waals surface area contributed by atoms with Crippen molar-refractivity contribution in [3.05, 3.63) is 95.1 Å². The second-order valence-corrected chi connectivity index (χ2v) is 9.23. The number of hydrogen-bond acceptors (Lipinski definition) is 4. The monoisotopic (exact) mass is 393 g/mol. The molecule has 3 aromatic carbocycles. The van der Waals surface area contributed by atoms with Crippen LogP contribution < -0.4 is 4.74 Å². The van der Waals surface area contributed by atoms with Gasteiger partial charge in [-0.05, 0) is 34.4 Å². The molecule has 4 rings (SSSR count). The van der Waals surface area contributed by atoms with Crippen LogP contribution in [0.1, 0.15) is 22.3 Å². The highest BCUT2D eigenvalue weighted by atomic mass is 32.2. The van der Waals surface area contributed by atoms with Crippen molar-refractivity contribution >= 4 is 9.84 Å². The van der Waals surface area contributed by atoms with Crippen LogP contribution in [0.2, 0.25) is 0 Å². The van der Waals surface area contributed by atoms with Crippen molar-refractivity contribution < 1.29 is 13.2 Å². The van der Waals surface area contributed by atoms with Crippen molar-refractivity contribution in [2.75, 3.05) is 6.26 Å². The Morgan fingerprint density at radius 2 is 1.50 bits per heavy atom. The zero-order chi connectivity index (χ0) is 19.6. The molecule has 3 aromatic rings. The lowest BCUT2D eigenvalue weighted by atomic mass is 10.1. The highest BCUT2D eigenvalue weighted by Gasteiger charge is 2.20. The maximum Gasteiger partial charge on any atom is 0.179 e. The molecular weight excluding hydrogens is 370 g/mol. The van der Waals surface area contributed by atoms with Crippen molar-refractivity contribution in [1.29, 1.82) is 0 Å². The summed E-state index contributed by atoms with van der Waals surface area (Å²) in [6, 6.07) is 23.6. The lowest BCUT2D eigenvalue weighted by Crippen LogP contribution is -2.16. The summed E-state index contributed by atoms with van der Waals surface area (Å²) in [6.45, 7) is 2.81. The SMILES string of the molecule is CS(=O)(=O)c1cc(CN2Cc3ccccc3C2)ccc1OCc1ccccc1. The maximum atomic E-state index is 12.3. The number of benzene rings is 3. The topological polar surface area (TPSA) is 46.6 Å². The molecule has 1 aliphatic heterocycles. The van der Waals surface area contributed by atoms with Crippen LogP contribution in [-0.2, 0) is 36.1 Å². The van der Waals surface area contributed by atoms with Gasteiger partial charge in [-0.2, -0.15) is 0 Å². The van der Waals surface area contributed by atoms with Gasteiger partial charge in [-0.25, -0.2) is 8.42 Å². The molecule has 1 aliphatic rings. The number of hydrogen-bond donors (Lipinski definition) is 0. The number of nitrogens with zero attached hydrogens (tertiary/aromatic N) is 1. The minimum Gasteiger partial charge on any atom is -0.488 e. The van der Waals surface area contributed by atoms with Crippen LogP contribution in [0, 0.1) is 0 Å². The van der Waals surface area contributed by atoms with Crippen LogP contribution in [0.15, 0.2) is 77.7 Å². The summed E-state index contributed by atoms with van der Waals surface area (Å²) in [4.78, 5) is 2.56. The molecular formula is C23H23NO3S. The first kappa shape index (κ1) is 18.7. The van der Waals surface area contributed by atoms with Crippen molar-refractivity contribution in [2.45, 2.75) is 31.1 Å². The van der Waals surface area contributed by atoms with E-state index in [0.29, 0.717) is 18.9 Å². The second-order valence-electron chi connectivity index (χ2n) is 7.24. The number of ether oxygens (including phenoxy) is 1. The van der Waals surface area contributed by atoms with Crippen molar-refractivity contribution in [3.8, 4) is 5.75 Å². The Labute approximate surface area is 166 Å². The summed E-state index contributed by atoms with van der Waals surface area (Å²) in [7, 11) is -3.39. The molecule has 0 fully saturated rings. The Balaban J connectivity index is 1.52. The van der Waals surface area contributed by atoms with E-state index in [1.54, 1.807) is 12.1 Å². The van der Waals surface area contributed by atoms with E-state index in [0.717, 1.165) is 24.2 Å². The molecule has 0 saturated carbocycles. The van der Waals surface area contributed by atoms with Gasteiger partial charge in [-0.15, -0.1) is 0 Å². The quantitative estimate of drug-likeness (QED) is 0.630. The van der Waals surface area contributed by atoms with Gasteiger partial charge in [0.25, 0.3) is 0 Å². The third-order valence-corrected chi connectivity index (χ3v) is 6.08. The van der Waals surface area contributed by atoms with E-state index in [1.807, 2.05) is 36.4 Å². The van der Waals surface area contributed by atoms with Crippen LogP contribution in [-0.4, -0.2) is 19.6 Å². The van der Waals surface area contributed by atoms with Crippen LogP contribution in [0.3, 0.4) is 0 Å². The zero-order valence-electron chi connectivity index (χ0n) is 15.8. The van der Waals surface area contributed by atoms with Gasteiger partial charge in [0.2, 0.25) is 0 Å². The fourth-order valence-corrected chi connectivity index (χ4v) is 4.43. The smallest absolute Gasteiger partial charge is 0.179 e. The van der Waals surface area contributed by atoms with E-state index in [4.69, 9.17) is 4.74 Å². The molecule has 0 spiro atoms. The molecule has 0 radical (unpaired) electrons. The fourth-order valence-electron chi connectivity index (χ4n) is 3.57. The van der Waals surface area contributed by atoms with E-state index in [-0.39, 0.29) is 4.90 Å². The van der Waals surface area contributed by atoms with E-state index < -0.39 is 9.84 Å². The Kier molecular flexibility index (Phi) is 5.20. The molecule has 0 aliphatic carbocycles. The molecule has 0 atom stereocenters. The second kappa shape index (κ2) is 7.78. The molecule has 0 amide bonds. The third kappa shape index (κ3) is 4.26. The molecule has 4 nitrogen and oxygen atoms in total. The van der Waals surface area contributed by atoms with Gasteiger partial charge in [-0.1, -0.05) is 60.7 Å². The minimum absolute atomic E-state index is 0.248. The summed E-state index contributed by atoms with van der Waals surface area (Å²) in [5.74, 6) is 0.403. The predicted molar refractivity (Wildman–Crippen MR) is 110 cm³/mol. The predicted octanol–water partition coefficient (Wildman–Crippen LogP) is 4.18. The first-order valence-corrected chi connectivity index (χ1v) is 11.2. The van der Waals surface area contributed by atoms with Crippen LogP contribution in [0.4, 0.5) is 0 Å². The Morgan fingerprint density at radius 1 is 0.857 bits per heavy atom. The first-order chi connectivity index (χ1) is 13.5. The van der Waals surface area contributed by atoms with E-state index in [2.05, 4.69) is 29.2 Å². The molecule has 0 N–H and O–H groups in total. The van der Waals surface area contributed by atoms with Crippen LogP contribution in [0.5, 0.6) is 5.75 Å². The van der Waals surface area contributed by atoms with E-state index >= 15 is 0 Å². The standard InChI is InChI=1S/C23H23NO3S/c1-28(25,26)23-13-19(14-24-15-20-9-5-6-10-21(20)16-24)11-12-22(23)27-17-18-7-3-2-4-8-18/h2-13H,14-17H2,1H3. The summed E-state index contributed by atoms with van der Waals surface area (Å²) in [6.07, 6.45) is 1.23. The fraction of sp³-hybridized carbons (Fsp3) is 0.217. The van der Waals surface area contributed by atoms with Gasteiger partial charge in [0, 0.05) is 25.9 Å². The van der Waals surface area contributed by atoms with Gasteiger partial charge in [0.15, 0.2) is 9.84 Å². The van der Waals surface area contributed by atoms with Gasteiger partial charge in [0.05, 0.1) is 0 Å². The first-order valence-electron chi connectivity index (χ1n) is 9.28. The van der Waals surface area contributed by atoms with E-state index in [1.165, 1.54) is 17.4 Å². The number of sulfone groups is 1. The van der Waals surface area contributed by atoms with Gasteiger partial charge in [-0.3, -0.25) is 4.90 Å². The molecule has 1 heterocycles. The highest BCUT2D eigenvalue weighted by molar-refractivity contribution is 7.90. The summed E-state index contributed by atoms with van der Waals surface area (Å²) in [5, 5.41) is 0. The lowest BCUT2D eigenvalue weighted by Gasteiger charge is -2.17. The molecule has 28 heavy (non-hydrogen) atoms. The average Bonchev–Trinajstić information content (AvgIpc) is 3.09. The normalized spacial score (nSPS) is 14.0. The van der Waals surface area contributed by atoms with Crippen molar-refractivity contribution in [1.82, 2.24) is 4.90 Å². The molecule has 144 valence electrons. The molecule has 0 saturated heterocycles. The van der Waals surface area contributed by atoms with Crippen molar-refractivity contribution in [3.63, 3.8) is 0 Å². The van der Waals surface area contributed by atoms with Crippen LogP contribution in [0.25, 0.3) is 0 Å². The van der Waals surface area contributed by atoms with Crippen LogP contribution >= 0.6 is 0 Å². The number of rotatable bonds is 6. The summed E-state index contributed by atoms with van der Waals surface area (Å²) < 4.78 is 30.5. The summed E-state index contributed by atoms with van der Waals surface area (Å²) in [5.41, 5.74) is 4.66. The third-order valence-electron chi connectivity index (χ3n) is 4.96. The lowest BCUT2D eigenvalue weighted by molar-refractivity contribution is 0.274. The van der Waals surface area contributed by atoms with E-state index in [9.17, 15) is 8.42 Å². The maximum absolute atomic E-state index is 12.3. The van der Waals surface area contributed by atoms with Gasteiger partial charge in [0.1, 0.15) is 17.3 Å². The summed E-state index contributed by atoms with van der Waals surface area (Å²) >= 11 is 0. The van der Waals surface area contributed by atoms with Gasteiger partial charge >= 0.3 is 0 Å². The molecule has 5 heteroatoms.